The highest BCUT2D eigenvalue weighted by Gasteiger charge is 2.44. The van der Waals surface area contributed by atoms with Gasteiger partial charge < -0.3 is 44.6 Å². The van der Waals surface area contributed by atoms with Gasteiger partial charge in [0.1, 0.15) is 41.3 Å². The minimum atomic E-state index is -0.947. The number of alkyl carbamates (subject to hydrolysis) is 2. The van der Waals surface area contributed by atoms with E-state index in [2.05, 4.69) is 20.6 Å². The smallest absolute Gasteiger partial charge is 0.410 e. The number of aromatic nitrogens is 4. The van der Waals surface area contributed by atoms with Crippen molar-refractivity contribution < 1.29 is 42.6 Å². The van der Waals surface area contributed by atoms with Crippen LogP contribution in [-0.4, -0.2) is 109 Å². The summed E-state index contributed by atoms with van der Waals surface area (Å²) in [6.45, 7) is 13.6. The summed E-state index contributed by atoms with van der Waals surface area (Å²) in [6, 6.07) is 18.3. The number of nitrogens with one attached hydrogen (secondary N) is 4. The number of nitrogens with zero attached hydrogens (tertiary/aromatic N) is 5. The molecule has 2 saturated heterocycles. The second-order valence-electron chi connectivity index (χ2n) is 19.9. The molecule has 2 aromatic heterocycles. The minimum absolute atomic E-state index is 0.0467. The van der Waals surface area contributed by atoms with Crippen LogP contribution in [0.15, 0.2) is 79.1 Å². The quantitative estimate of drug-likeness (QED) is 0.0876. The molecule has 0 saturated carbocycles. The van der Waals surface area contributed by atoms with Crippen LogP contribution < -0.4 is 10.6 Å². The molecule has 0 aliphatic carbocycles. The predicted molar refractivity (Wildman–Crippen MR) is 258 cm³/mol. The fraction of sp³-hybridized carbons (Fsp3) is 0.442. The van der Waals surface area contributed by atoms with Crippen LogP contribution in [0.25, 0.3) is 33.6 Å². The molecule has 17 nitrogen and oxygen atoms in total. The number of rotatable bonds is 12. The molecule has 0 bridgehead atoms. The lowest BCUT2D eigenvalue weighted by atomic mass is 10.0. The second kappa shape index (κ2) is 20.4. The normalized spacial score (nSPS) is 18.7. The molecule has 8 rings (SSSR count). The Morgan fingerprint density at radius 3 is 2.04 bits per heavy atom. The number of halogens is 1. The van der Waals surface area contributed by atoms with E-state index in [0.29, 0.717) is 29.5 Å². The van der Waals surface area contributed by atoms with Crippen molar-refractivity contribution in [3.8, 4) is 33.6 Å². The third kappa shape index (κ3) is 10.8. The molecule has 1 unspecified atom stereocenters. The predicted octanol–water partition coefficient (Wildman–Crippen LogP) is 8.66. The number of ether oxygens (including phenoxy) is 3. The molecular formula is C52H62FN9O8. The standard InChI is InChI=1S/C52H62FN9O8/c1-29(2)43(58-49(65)68-8)47(63)61-22-10-13-41(61)45-54-24-39(56-45)33-18-14-31(15-19-33)32-16-20-34(21-17-32)40-25-55-46(57-40)42-23-36(69-51(67)60-26-35-11-9-12-38(53)37(35)28-60)27-62(42)48(64)44(30(3)4)59-50(66)70-52(5,6)7/h9,11-12,14-21,24-25,29-30,36,41-44H,10,13,22-23,26-28H2,1-8H3,(H,54,56)(H,55,57)(H,58,65)(H,59,66)/t36-,41+,42?,43+,44+/m1/s1. The highest BCUT2D eigenvalue weighted by atomic mass is 19.1. The number of hydrogen-bond acceptors (Lipinski definition) is 10. The number of carbonyl (C=O) groups excluding carboxylic acids is 5. The SMILES string of the molecule is COC(=O)N[C@H](C(=O)N1CCC[C@H]1c1nc(-c2ccc(-c3ccc(-c4cnc(C5C[C@@H](OC(=O)N6Cc7cccc(F)c7C6)CN5C(=O)[C@@H](NC(=O)OC(C)(C)C)C(C)C)[nH]4)cc3)cc2)c[nH]1)C(C)C. The lowest BCUT2D eigenvalue weighted by Crippen LogP contribution is -2.52. The van der Waals surface area contributed by atoms with Crippen LogP contribution in [0.1, 0.15) is 103 Å². The van der Waals surface area contributed by atoms with Gasteiger partial charge in [0.15, 0.2) is 0 Å². The molecule has 5 atom stereocenters. The molecule has 70 heavy (non-hydrogen) atoms. The molecule has 3 aliphatic rings. The molecule has 5 aromatic rings. The Balaban J connectivity index is 0.955. The maximum absolute atomic E-state index is 14.6. The molecule has 5 heterocycles. The third-order valence-electron chi connectivity index (χ3n) is 13.1. The van der Waals surface area contributed by atoms with Crippen LogP contribution in [0.3, 0.4) is 0 Å². The summed E-state index contributed by atoms with van der Waals surface area (Å²) < 4.78 is 30.8. The van der Waals surface area contributed by atoms with Crippen molar-refractivity contribution in [3.05, 3.63) is 108 Å². The van der Waals surface area contributed by atoms with Crippen molar-refractivity contribution in [2.45, 2.75) is 117 Å². The Kier molecular flexibility index (Phi) is 14.3. The van der Waals surface area contributed by atoms with Crippen molar-refractivity contribution in [1.82, 2.24) is 45.3 Å². The molecule has 18 heteroatoms. The molecule has 4 N–H and O–H groups in total. The Morgan fingerprint density at radius 2 is 1.41 bits per heavy atom. The zero-order valence-electron chi connectivity index (χ0n) is 40.9. The summed E-state index contributed by atoms with van der Waals surface area (Å²) in [4.78, 5) is 87.7. The van der Waals surface area contributed by atoms with Crippen LogP contribution in [0, 0.1) is 17.7 Å². The molecule has 0 spiro atoms. The fourth-order valence-electron chi connectivity index (χ4n) is 9.42. The van der Waals surface area contributed by atoms with Crippen LogP contribution >= 0.6 is 0 Å². The summed E-state index contributed by atoms with van der Waals surface area (Å²) in [5, 5.41) is 5.45. The molecule has 5 amide bonds. The monoisotopic (exact) mass is 959 g/mol. The van der Waals surface area contributed by atoms with Crippen molar-refractivity contribution in [3.63, 3.8) is 0 Å². The first-order chi connectivity index (χ1) is 33.4. The average molecular weight is 960 g/mol. The topological polar surface area (TPSA) is 204 Å². The van der Waals surface area contributed by atoms with E-state index >= 15 is 0 Å². The average Bonchev–Trinajstić information content (AvgIpc) is 4.19. The largest absolute Gasteiger partial charge is 0.453 e. The van der Waals surface area contributed by atoms with E-state index in [0.717, 1.165) is 46.4 Å². The van der Waals surface area contributed by atoms with Gasteiger partial charge in [0.2, 0.25) is 11.8 Å². The summed E-state index contributed by atoms with van der Waals surface area (Å²) >= 11 is 0. The van der Waals surface area contributed by atoms with Crippen LogP contribution in [-0.2, 0) is 36.9 Å². The molecule has 370 valence electrons. The van der Waals surface area contributed by atoms with Crippen molar-refractivity contribution >= 4 is 30.1 Å². The van der Waals surface area contributed by atoms with Gasteiger partial charge in [-0.1, -0.05) is 88.4 Å². The number of fused-ring (bicyclic) bond motifs is 1. The Bertz CT molecular complexity index is 2710. The van der Waals surface area contributed by atoms with Gasteiger partial charge in [-0.3, -0.25) is 14.5 Å². The van der Waals surface area contributed by atoms with Gasteiger partial charge in [-0.25, -0.2) is 28.7 Å². The van der Waals surface area contributed by atoms with E-state index in [-0.39, 0.29) is 61.6 Å². The first-order valence-electron chi connectivity index (χ1n) is 23.9. The van der Waals surface area contributed by atoms with E-state index in [1.54, 1.807) is 48.9 Å². The lowest BCUT2D eigenvalue weighted by Gasteiger charge is -2.31. The highest BCUT2D eigenvalue weighted by molar-refractivity contribution is 5.87. The van der Waals surface area contributed by atoms with Crippen molar-refractivity contribution in [2.75, 3.05) is 20.2 Å². The third-order valence-corrected chi connectivity index (χ3v) is 13.1. The Labute approximate surface area is 406 Å². The van der Waals surface area contributed by atoms with Crippen LogP contribution in [0.4, 0.5) is 18.8 Å². The van der Waals surface area contributed by atoms with E-state index in [9.17, 15) is 28.4 Å². The Hall–Kier alpha value is -7.24. The second-order valence-corrected chi connectivity index (χ2v) is 19.9. The summed E-state index contributed by atoms with van der Waals surface area (Å²) in [5.41, 5.74) is 5.60. The molecular weight excluding hydrogens is 898 g/mol. The van der Waals surface area contributed by atoms with Crippen LogP contribution in [0.2, 0.25) is 0 Å². The lowest BCUT2D eigenvalue weighted by molar-refractivity contribution is -0.136. The first kappa shape index (κ1) is 49.2. The highest BCUT2D eigenvalue weighted by Crippen LogP contribution is 2.37. The van der Waals surface area contributed by atoms with E-state index < -0.39 is 48.1 Å². The fourth-order valence-corrected chi connectivity index (χ4v) is 9.42. The number of aromatic amines is 2. The first-order valence-corrected chi connectivity index (χ1v) is 23.9. The van der Waals surface area contributed by atoms with E-state index in [1.807, 2.05) is 82.4 Å². The zero-order valence-corrected chi connectivity index (χ0v) is 40.9. The minimum Gasteiger partial charge on any atom is -0.453 e. The number of H-pyrrole nitrogens is 2. The van der Waals surface area contributed by atoms with Gasteiger partial charge in [0.05, 0.1) is 49.9 Å². The van der Waals surface area contributed by atoms with Gasteiger partial charge in [-0.2, -0.15) is 0 Å². The van der Waals surface area contributed by atoms with Crippen molar-refractivity contribution in [2.24, 2.45) is 11.8 Å². The molecule has 3 aliphatic heterocycles. The maximum atomic E-state index is 14.6. The van der Waals surface area contributed by atoms with Crippen molar-refractivity contribution in [1.29, 1.82) is 0 Å². The van der Waals surface area contributed by atoms with Gasteiger partial charge in [0, 0.05) is 36.8 Å². The number of amides is 5. The van der Waals surface area contributed by atoms with Gasteiger partial charge in [0.25, 0.3) is 0 Å². The number of methoxy groups -OCH3 is 1. The molecule has 0 radical (unpaired) electrons. The number of carbonyl (C=O) groups is 5. The number of imidazole rings is 2. The summed E-state index contributed by atoms with van der Waals surface area (Å²) in [7, 11) is 1.28. The molecule has 3 aromatic carbocycles. The summed E-state index contributed by atoms with van der Waals surface area (Å²) in [6.07, 6.45) is 2.67. The van der Waals surface area contributed by atoms with Gasteiger partial charge in [-0.15, -0.1) is 0 Å². The van der Waals surface area contributed by atoms with Gasteiger partial charge >= 0.3 is 18.3 Å². The van der Waals surface area contributed by atoms with E-state index in [4.69, 9.17) is 24.2 Å². The maximum Gasteiger partial charge on any atom is 0.410 e. The zero-order chi connectivity index (χ0) is 50.0. The number of benzene rings is 3. The Morgan fingerprint density at radius 1 is 0.786 bits per heavy atom. The summed E-state index contributed by atoms with van der Waals surface area (Å²) in [5.74, 6) is -0.180. The van der Waals surface area contributed by atoms with Gasteiger partial charge in [-0.05, 0) is 73.8 Å². The molecule has 2 fully saturated rings. The number of hydrogen-bond donors (Lipinski definition) is 4. The number of likely N-dealkylation sites (tertiary alicyclic amines) is 2. The van der Waals surface area contributed by atoms with E-state index in [1.165, 1.54) is 18.1 Å². The van der Waals surface area contributed by atoms with Crippen LogP contribution in [0.5, 0.6) is 0 Å².